The van der Waals surface area contributed by atoms with E-state index in [2.05, 4.69) is 5.10 Å². The van der Waals surface area contributed by atoms with Crippen molar-refractivity contribution in [3.8, 4) is 5.69 Å². The second-order valence-electron chi connectivity index (χ2n) is 6.64. The summed E-state index contributed by atoms with van der Waals surface area (Å²) in [5.41, 5.74) is 4.32. The zero-order valence-corrected chi connectivity index (χ0v) is 15.8. The number of furan rings is 1. The summed E-state index contributed by atoms with van der Waals surface area (Å²) in [6.45, 7) is 4.71. The Bertz CT molecular complexity index is 1060. The minimum absolute atomic E-state index is 0.222. The fourth-order valence-corrected chi connectivity index (χ4v) is 3.20. The lowest BCUT2D eigenvalue weighted by Crippen LogP contribution is -2.08. The molecule has 0 aliphatic heterocycles. The van der Waals surface area contributed by atoms with Gasteiger partial charge in [-0.1, -0.05) is 12.1 Å². The monoisotopic (exact) mass is 375 g/mol. The van der Waals surface area contributed by atoms with E-state index in [1.165, 1.54) is 0 Å². The molecule has 6 nitrogen and oxygen atoms in total. The molecule has 0 radical (unpaired) electrons. The number of hydrogen-bond acceptors (Lipinski definition) is 4. The summed E-state index contributed by atoms with van der Waals surface area (Å²) in [5, 5.41) is 4.20. The number of rotatable bonds is 6. The number of aryl methyl sites for hydroxylation is 1. The first kappa shape index (κ1) is 17.9. The molecule has 3 heterocycles. The number of carbonyl (C=O) groups is 1. The summed E-state index contributed by atoms with van der Waals surface area (Å²) in [7, 11) is 0. The summed E-state index contributed by atoms with van der Waals surface area (Å²) in [5.74, 6) is 0.522. The van der Waals surface area contributed by atoms with E-state index >= 15 is 0 Å². The maximum Gasteiger partial charge on any atom is 0.340 e. The van der Waals surface area contributed by atoms with Crippen molar-refractivity contribution in [1.82, 2.24) is 14.3 Å². The third-order valence-electron chi connectivity index (χ3n) is 4.76. The molecular weight excluding hydrogens is 354 g/mol. The predicted octanol–water partition coefficient (Wildman–Crippen LogP) is 4.29. The quantitative estimate of drug-likeness (QED) is 0.472. The van der Waals surface area contributed by atoms with E-state index in [0.717, 1.165) is 28.4 Å². The van der Waals surface area contributed by atoms with Gasteiger partial charge >= 0.3 is 5.97 Å². The second kappa shape index (κ2) is 7.60. The number of aromatic nitrogens is 3. The van der Waals surface area contributed by atoms with Crippen molar-refractivity contribution in [2.45, 2.75) is 27.0 Å². The van der Waals surface area contributed by atoms with Crippen LogP contribution in [-0.2, 0) is 17.9 Å². The van der Waals surface area contributed by atoms with Gasteiger partial charge in [0.2, 0.25) is 0 Å². The first-order valence-corrected chi connectivity index (χ1v) is 9.07. The maximum atomic E-state index is 12.6. The Hall–Kier alpha value is -3.54. The van der Waals surface area contributed by atoms with E-state index in [-0.39, 0.29) is 12.6 Å². The molecule has 0 fully saturated rings. The fraction of sp³-hybridized carbons (Fsp3) is 0.182. The van der Waals surface area contributed by atoms with Crippen LogP contribution in [-0.4, -0.2) is 20.3 Å². The smallest absolute Gasteiger partial charge is 0.340 e. The van der Waals surface area contributed by atoms with E-state index in [1.807, 2.05) is 73.1 Å². The van der Waals surface area contributed by atoms with Crippen molar-refractivity contribution in [1.29, 1.82) is 0 Å². The van der Waals surface area contributed by atoms with Crippen molar-refractivity contribution in [3.05, 3.63) is 95.5 Å². The van der Waals surface area contributed by atoms with Crippen molar-refractivity contribution in [2.75, 3.05) is 0 Å². The van der Waals surface area contributed by atoms with Gasteiger partial charge in [0.15, 0.2) is 0 Å². The Morgan fingerprint density at radius 3 is 2.64 bits per heavy atom. The van der Waals surface area contributed by atoms with Gasteiger partial charge in [0.05, 0.1) is 24.1 Å². The van der Waals surface area contributed by atoms with E-state index in [1.54, 1.807) is 17.1 Å². The molecule has 0 amide bonds. The molecule has 0 aliphatic carbocycles. The number of carbonyl (C=O) groups excluding carboxylic acids is 1. The van der Waals surface area contributed by atoms with Crippen LogP contribution in [0.25, 0.3) is 5.69 Å². The zero-order chi connectivity index (χ0) is 19.5. The average Bonchev–Trinajstić information content (AvgIpc) is 3.46. The summed E-state index contributed by atoms with van der Waals surface area (Å²) >= 11 is 0. The summed E-state index contributed by atoms with van der Waals surface area (Å²) in [4.78, 5) is 12.6. The molecule has 3 aromatic heterocycles. The molecule has 4 aromatic rings. The van der Waals surface area contributed by atoms with Crippen molar-refractivity contribution in [3.63, 3.8) is 0 Å². The zero-order valence-electron chi connectivity index (χ0n) is 15.8. The van der Waals surface area contributed by atoms with Gasteiger partial charge in [0, 0.05) is 23.8 Å². The van der Waals surface area contributed by atoms with Gasteiger partial charge in [-0.2, -0.15) is 5.10 Å². The van der Waals surface area contributed by atoms with E-state index < -0.39 is 0 Å². The molecule has 0 N–H and O–H groups in total. The lowest BCUT2D eigenvalue weighted by atomic mass is 10.2. The first-order chi connectivity index (χ1) is 13.6. The van der Waals surface area contributed by atoms with Gasteiger partial charge < -0.3 is 13.7 Å². The normalized spacial score (nSPS) is 10.9. The standard InChI is InChI=1S/C22H21N3O3/c1-16-13-21(17(2)24(16)14-20-5-3-12-27-20)22(26)28-15-18-6-8-19(9-7-18)25-11-4-10-23-25/h3-13H,14-15H2,1-2H3. The second-order valence-corrected chi connectivity index (χ2v) is 6.64. The fourth-order valence-electron chi connectivity index (χ4n) is 3.20. The summed E-state index contributed by atoms with van der Waals surface area (Å²) < 4.78 is 14.8. The van der Waals surface area contributed by atoms with Crippen LogP contribution in [0.15, 0.2) is 71.6 Å². The molecule has 6 heteroatoms. The highest BCUT2D eigenvalue weighted by Crippen LogP contribution is 2.19. The van der Waals surface area contributed by atoms with Crippen molar-refractivity contribution < 1.29 is 13.9 Å². The van der Waals surface area contributed by atoms with Crippen LogP contribution in [0.1, 0.15) is 33.1 Å². The van der Waals surface area contributed by atoms with Gasteiger partial charge in [-0.05, 0) is 55.8 Å². The third kappa shape index (κ3) is 3.62. The number of benzene rings is 1. The Balaban J connectivity index is 1.42. The predicted molar refractivity (Wildman–Crippen MR) is 104 cm³/mol. The third-order valence-corrected chi connectivity index (χ3v) is 4.76. The average molecular weight is 375 g/mol. The largest absolute Gasteiger partial charge is 0.467 e. The minimum atomic E-state index is -0.324. The van der Waals surface area contributed by atoms with Gasteiger partial charge in [0.1, 0.15) is 12.4 Å². The van der Waals surface area contributed by atoms with Gasteiger partial charge in [-0.3, -0.25) is 0 Å². The Morgan fingerprint density at radius 1 is 1.14 bits per heavy atom. The lowest BCUT2D eigenvalue weighted by molar-refractivity contribution is 0.0471. The number of esters is 1. The molecule has 0 bridgehead atoms. The van der Waals surface area contributed by atoms with Crippen LogP contribution >= 0.6 is 0 Å². The van der Waals surface area contributed by atoms with Gasteiger partial charge in [-0.25, -0.2) is 9.48 Å². The lowest BCUT2D eigenvalue weighted by Gasteiger charge is -2.09. The Kier molecular flexibility index (Phi) is 4.85. The van der Waals surface area contributed by atoms with Crippen LogP contribution in [0.4, 0.5) is 0 Å². The molecule has 1 aromatic carbocycles. The Labute approximate surface area is 163 Å². The van der Waals surface area contributed by atoms with Crippen LogP contribution in [0.5, 0.6) is 0 Å². The SMILES string of the molecule is Cc1cc(C(=O)OCc2ccc(-n3cccn3)cc2)c(C)n1Cc1ccco1. The van der Waals surface area contributed by atoms with E-state index in [4.69, 9.17) is 9.15 Å². The Morgan fingerprint density at radius 2 is 1.96 bits per heavy atom. The first-order valence-electron chi connectivity index (χ1n) is 9.07. The molecule has 0 saturated heterocycles. The minimum Gasteiger partial charge on any atom is -0.467 e. The molecule has 142 valence electrons. The number of nitrogens with zero attached hydrogens (tertiary/aromatic N) is 3. The van der Waals surface area contributed by atoms with Crippen molar-refractivity contribution >= 4 is 5.97 Å². The molecule has 28 heavy (non-hydrogen) atoms. The summed E-state index contributed by atoms with van der Waals surface area (Å²) in [6, 6.07) is 15.3. The van der Waals surface area contributed by atoms with Crippen LogP contribution < -0.4 is 0 Å². The number of hydrogen-bond donors (Lipinski definition) is 0. The maximum absolute atomic E-state index is 12.6. The molecular formula is C22H21N3O3. The topological polar surface area (TPSA) is 62.2 Å². The van der Waals surface area contributed by atoms with Crippen LogP contribution in [0.2, 0.25) is 0 Å². The number of ether oxygens (including phenoxy) is 1. The molecule has 0 atom stereocenters. The van der Waals surface area contributed by atoms with Gasteiger partial charge in [0.25, 0.3) is 0 Å². The van der Waals surface area contributed by atoms with Gasteiger partial charge in [-0.15, -0.1) is 0 Å². The summed E-state index contributed by atoms with van der Waals surface area (Å²) in [6.07, 6.45) is 5.27. The molecule has 0 aliphatic rings. The molecule has 0 saturated carbocycles. The highest BCUT2D eigenvalue weighted by Gasteiger charge is 2.17. The molecule has 4 rings (SSSR count). The molecule has 0 spiro atoms. The highest BCUT2D eigenvalue weighted by atomic mass is 16.5. The highest BCUT2D eigenvalue weighted by molar-refractivity contribution is 5.91. The van der Waals surface area contributed by atoms with Crippen LogP contribution in [0, 0.1) is 13.8 Å². The van der Waals surface area contributed by atoms with Crippen molar-refractivity contribution in [2.24, 2.45) is 0 Å². The van der Waals surface area contributed by atoms with E-state index in [9.17, 15) is 4.79 Å². The van der Waals surface area contributed by atoms with Crippen LogP contribution in [0.3, 0.4) is 0 Å². The molecule has 0 unspecified atom stereocenters. The van der Waals surface area contributed by atoms with E-state index in [0.29, 0.717) is 12.1 Å².